The van der Waals surface area contributed by atoms with E-state index in [-0.39, 0.29) is 19.1 Å². The van der Waals surface area contributed by atoms with Crippen LogP contribution in [0.25, 0.3) is 0 Å². The predicted molar refractivity (Wildman–Crippen MR) is 48.0 cm³/mol. The average molecular weight is 204 g/mol. The van der Waals surface area contributed by atoms with Crippen LogP contribution in [0.2, 0.25) is 0 Å². The van der Waals surface area contributed by atoms with Crippen molar-refractivity contribution < 1.29 is 24.5 Å². The second-order valence-corrected chi connectivity index (χ2v) is 3.33. The van der Waals surface area contributed by atoms with E-state index in [0.717, 1.165) is 6.42 Å². The van der Waals surface area contributed by atoms with Crippen LogP contribution in [0.4, 0.5) is 0 Å². The van der Waals surface area contributed by atoms with E-state index in [1.807, 2.05) is 0 Å². The zero-order valence-corrected chi connectivity index (χ0v) is 8.02. The molecule has 5 nitrogen and oxygen atoms in total. The van der Waals surface area contributed by atoms with E-state index < -0.39 is 12.1 Å². The summed E-state index contributed by atoms with van der Waals surface area (Å²) in [4.78, 5) is 10.8. The number of carboxylic acid groups (broad SMARTS) is 1. The van der Waals surface area contributed by atoms with E-state index in [2.05, 4.69) is 0 Å². The van der Waals surface area contributed by atoms with Gasteiger partial charge in [-0.15, -0.1) is 0 Å². The molecule has 5 heteroatoms. The van der Waals surface area contributed by atoms with Gasteiger partial charge in [-0.25, -0.2) is 4.79 Å². The van der Waals surface area contributed by atoms with Crippen molar-refractivity contribution in [3.8, 4) is 0 Å². The van der Waals surface area contributed by atoms with E-state index in [9.17, 15) is 4.79 Å². The van der Waals surface area contributed by atoms with Crippen molar-refractivity contribution in [1.82, 2.24) is 0 Å². The van der Waals surface area contributed by atoms with Crippen LogP contribution < -0.4 is 0 Å². The SMILES string of the molecule is O=C(O)C(OCCCO)C1CCOC1. The van der Waals surface area contributed by atoms with Gasteiger partial charge in [-0.2, -0.15) is 0 Å². The topological polar surface area (TPSA) is 76.0 Å². The highest BCUT2D eigenvalue weighted by Crippen LogP contribution is 2.19. The van der Waals surface area contributed by atoms with Crippen LogP contribution >= 0.6 is 0 Å². The zero-order chi connectivity index (χ0) is 10.4. The summed E-state index contributed by atoms with van der Waals surface area (Å²) in [6, 6.07) is 0. The summed E-state index contributed by atoms with van der Waals surface area (Å²) >= 11 is 0. The molecule has 82 valence electrons. The molecule has 1 fully saturated rings. The van der Waals surface area contributed by atoms with Gasteiger partial charge in [0.05, 0.1) is 6.61 Å². The zero-order valence-electron chi connectivity index (χ0n) is 8.02. The van der Waals surface area contributed by atoms with Crippen molar-refractivity contribution in [3.05, 3.63) is 0 Å². The van der Waals surface area contributed by atoms with Crippen molar-refractivity contribution in [2.75, 3.05) is 26.4 Å². The van der Waals surface area contributed by atoms with Gasteiger partial charge < -0.3 is 19.7 Å². The lowest BCUT2D eigenvalue weighted by Gasteiger charge is -2.18. The Hall–Kier alpha value is -0.650. The van der Waals surface area contributed by atoms with Crippen molar-refractivity contribution in [1.29, 1.82) is 0 Å². The van der Waals surface area contributed by atoms with Gasteiger partial charge in [0, 0.05) is 25.7 Å². The number of hydrogen-bond acceptors (Lipinski definition) is 4. The first-order valence-corrected chi connectivity index (χ1v) is 4.78. The number of ether oxygens (including phenoxy) is 2. The molecule has 2 N–H and O–H groups in total. The van der Waals surface area contributed by atoms with E-state index >= 15 is 0 Å². The van der Waals surface area contributed by atoms with E-state index in [1.54, 1.807) is 0 Å². The maximum absolute atomic E-state index is 10.8. The molecular formula is C9H16O5. The molecule has 1 aliphatic heterocycles. The van der Waals surface area contributed by atoms with Gasteiger partial charge in [0.15, 0.2) is 6.10 Å². The summed E-state index contributed by atoms with van der Waals surface area (Å²) in [7, 11) is 0. The van der Waals surface area contributed by atoms with Crippen molar-refractivity contribution in [2.45, 2.75) is 18.9 Å². The monoisotopic (exact) mass is 204 g/mol. The molecule has 0 radical (unpaired) electrons. The summed E-state index contributed by atoms with van der Waals surface area (Å²) in [5.41, 5.74) is 0. The minimum atomic E-state index is -0.946. The molecule has 0 spiro atoms. The van der Waals surface area contributed by atoms with E-state index in [0.29, 0.717) is 19.6 Å². The fraction of sp³-hybridized carbons (Fsp3) is 0.889. The van der Waals surface area contributed by atoms with Crippen LogP contribution in [-0.2, 0) is 14.3 Å². The van der Waals surface area contributed by atoms with Crippen molar-refractivity contribution >= 4 is 5.97 Å². The van der Waals surface area contributed by atoms with Gasteiger partial charge in [-0.3, -0.25) is 0 Å². The van der Waals surface area contributed by atoms with Crippen LogP contribution in [0.15, 0.2) is 0 Å². The third-order valence-corrected chi connectivity index (χ3v) is 2.24. The van der Waals surface area contributed by atoms with Gasteiger partial charge in [0.25, 0.3) is 0 Å². The minimum absolute atomic E-state index is 0.0213. The molecule has 2 atom stereocenters. The van der Waals surface area contributed by atoms with Crippen LogP contribution in [0.1, 0.15) is 12.8 Å². The molecule has 14 heavy (non-hydrogen) atoms. The van der Waals surface area contributed by atoms with Crippen molar-refractivity contribution in [3.63, 3.8) is 0 Å². The molecule has 0 aromatic carbocycles. The Bertz CT molecular complexity index is 176. The molecule has 0 amide bonds. The number of aliphatic carboxylic acids is 1. The fourth-order valence-electron chi connectivity index (χ4n) is 1.48. The van der Waals surface area contributed by atoms with Crippen LogP contribution in [-0.4, -0.2) is 48.7 Å². The summed E-state index contributed by atoms with van der Waals surface area (Å²) in [6.07, 6.45) is 0.414. The first-order valence-electron chi connectivity index (χ1n) is 4.78. The van der Waals surface area contributed by atoms with Gasteiger partial charge in [0.2, 0.25) is 0 Å². The third-order valence-electron chi connectivity index (χ3n) is 2.24. The number of rotatable bonds is 6. The number of aliphatic hydroxyl groups is 1. The maximum atomic E-state index is 10.8. The molecule has 0 saturated carbocycles. The van der Waals surface area contributed by atoms with Gasteiger partial charge in [0.1, 0.15) is 0 Å². The van der Waals surface area contributed by atoms with Crippen LogP contribution in [0.5, 0.6) is 0 Å². The first kappa shape index (κ1) is 11.4. The second kappa shape index (κ2) is 5.95. The Morgan fingerprint density at radius 3 is 2.93 bits per heavy atom. The standard InChI is InChI=1S/C9H16O5/c10-3-1-4-14-8(9(11)12)7-2-5-13-6-7/h7-8,10H,1-6H2,(H,11,12). The third kappa shape index (κ3) is 3.25. The molecule has 0 aromatic heterocycles. The second-order valence-electron chi connectivity index (χ2n) is 3.33. The highest BCUT2D eigenvalue weighted by atomic mass is 16.5. The Morgan fingerprint density at radius 1 is 1.64 bits per heavy atom. The Kier molecular flexibility index (Phi) is 4.86. The highest BCUT2D eigenvalue weighted by Gasteiger charge is 2.31. The number of aliphatic hydroxyl groups excluding tert-OH is 1. The van der Waals surface area contributed by atoms with E-state index in [4.69, 9.17) is 19.7 Å². The average Bonchev–Trinajstić information content (AvgIpc) is 2.64. The Labute approximate surface area is 82.6 Å². The van der Waals surface area contributed by atoms with Crippen LogP contribution in [0.3, 0.4) is 0 Å². The summed E-state index contributed by atoms with van der Waals surface area (Å²) in [6.45, 7) is 1.37. The summed E-state index contributed by atoms with van der Waals surface area (Å²) < 4.78 is 10.3. The molecule has 1 rings (SSSR count). The van der Waals surface area contributed by atoms with Gasteiger partial charge in [-0.1, -0.05) is 0 Å². The first-order chi connectivity index (χ1) is 6.75. The number of hydrogen-bond donors (Lipinski definition) is 2. The molecule has 1 heterocycles. The van der Waals surface area contributed by atoms with Gasteiger partial charge in [-0.05, 0) is 12.8 Å². The fourth-order valence-corrected chi connectivity index (χ4v) is 1.48. The van der Waals surface area contributed by atoms with Crippen LogP contribution in [0, 0.1) is 5.92 Å². The van der Waals surface area contributed by atoms with Gasteiger partial charge >= 0.3 is 5.97 Å². The smallest absolute Gasteiger partial charge is 0.333 e. The summed E-state index contributed by atoms with van der Waals surface area (Å²) in [5, 5.41) is 17.4. The lowest BCUT2D eigenvalue weighted by Crippen LogP contribution is -2.33. The lowest BCUT2D eigenvalue weighted by molar-refractivity contribution is -0.154. The maximum Gasteiger partial charge on any atom is 0.333 e. The minimum Gasteiger partial charge on any atom is -0.479 e. The molecule has 1 saturated heterocycles. The molecule has 0 aromatic rings. The highest BCUT2D eigenvalue weighted by molar-refractivity contribution is 5.72. The predicted octanol–water partition coefficient (Wildman–Crippen LogP) is -0.125. The van der Waals surface area contributed by atoms with E-state index in [1.165, 1.54) is 0 Å². The molecular weight excluding hydrogens is 188 g/mol. The summed E-state index contributed by atoms with van der Waals surface area (Å²) in [5.74, 6) is -0.996. The Morgan fingerprint density at radius 2 is 2.43 bits per heavy atom. The number of carbonyl (C=O) groups is 1. The Balaban J connectivity index is 2.34. The molecule has 0 aliphatic carbocycles. The van der Waals surface area contributed by atoms with Crippen molar-refractivity contribution in [2.24, 2.45) is 5.92 Å². The normalized spacial score (nSPS) is 23.6. The molecule has 1 aliphatic rings. The number of carboxylic acids is 1. The lowest BCUT2D eigenvalue weighted by atomic mass is 10.0. The molecule has 0 bridgehead atoms. The molecule has 2 unspecified atom stereocenters. The quantitative estimate of drug-likeness (QED) is 0.590. The largest absolute Gasteiger partial charge is 0.479 e.